The van der Waals surface area contributed by atoms with Gasteiger partial charge in [0.15, 0.2) is 0 Å². The number of carbonyl (C=O) groups is 2. The van der Waals surface area contributed by atoms with Crippen LogP contribution in [0.15, 0.2) is 27.9 Å². The van der Waals surface area contributed by atoms with E-state index in [4.69, 9.17) is 13.3 Å². The van der Waals surface area contributed by atoms with E-state index in [1.54, 1.807) is 11.2 Å². The lowest BCUT2D eigenvalue weighted by Gasteiger charge is -2.35. The minimum absolute atomic E-state index is 0.0217. The number of hydrazone groups is 1. The van der Waals surface area contributed by atoms with Crippen LogP contribution in [-0.4, -0.2) is 69.3 Å². The lowest BCUT2D eigenvalue weighted by Crippen LogP contribution is -2.47. The maximum Gasteiger partial charge on any atom is 0.239 e. The molecule has 2 radical (unpaired) electrons. The zero-order valence-electron chi connectivity index (χ0n) is 17.4. The molecule has 1 aliphatic heterocycles. The van der Waals surface area contributed by atoms with E-state index in [-0.39, 0.29) is 23.5 Å². The molecule has 4 bridgehead atoms. The van der Waals surface area contributed by atoms with Crippen molar-refractivity contribution >= 4 is 32.1 Å². The zero-order valence-corrected chi connectivity index (χ0v) is 17.4. The maximum absolute atomic E-state index is 12.5. The first-order valence-electron chi connectivity index (χ1n) is 10.7. The molecule has 0 aromatic carbocycles. The molecule has 9 heteroatoms. The lowest BCUT2D eigenvalue weighted by atomic mass is 9.80. The third-order valence-electron chi connectivity index (χ3n) is 6.99. The van der Waals surface area contributed by atoms with Gasteiger partial charge in [-0.25, -0.2) is 0 Å². The third-order valence-corrected chi connectivity index (χ3v) is 6.99. The van der Waals surface area contributed by atoms with E-state index in [1.807, 2.05) is 13.1 Å². The average molecular weight is 408 g/mol. The number of nitrogens with zero attached hydrogens (tertiary/aromatic N) is 2. The van der Waals surface area contributed by atoms with E-state index in [2.05, 4.69) is 21.1 Å². The first-order valence-corrected chi connectivity index (χ1v) is 10.7. The minimum atomic E-state index is -0.537. The van der Waals surface area contributed by atoms with Crippen LogP contribution in [0.1, 0.15) is 32.1 Å². The molecule has 4 N–H and O–H groups in total. The first kappa shape index (κ1) is 20.7. The summed E-state index contributed by atoms with van der Waals surface area (Å²) in [6.07, 6.45) is 10.8. The highest BCUT2D eigenvalue weighted by Gasteiger charge is 2.57. The van der Waals surface area contributed by atoms with Gasteiger partial charge < -0.3 is 21.4 Å². The van der Waals surface area contributed by atoms with Crippen LogP contribution in [0.3, 0.4) is 0 Å². The molecular formula is C21H29BN6O2. The fraction of sp³-hybridized carbons (Fsp3) is 0.619. The standard InChI is InChI=1S/C21H29BN6O2/c1-28-3-2-13(11-26-28)10-24-18(29)12-25-20(30)19(22)17(9-23)27-21-7-14-4-15(8-21)6-16(21)5-14/h2,9,11,14-16,23,27H,3-8,10,12H2,1H3,(H,24,29)(H,25,30). The summed E-state index contributed by atoms with van der Waals surface area (Å²) < 4.78 is 0. The third kappa shape index (κ3) is 4.15. The van der Waals surface area contributed by atoms with Gasteiger partial charge in [-0.15, -0.1) is 0 Å². The normalized spacial score (nSPS) is 31.8. The average Bonchev–Trinajstić information content (AvgIpc) is 3.12. The smallest absolute Gasteiger partial charge is 0.239 e. The molecule has 30 heavy (non-hydrogen) atoms. The van der Waals surface area contributed by atoms with E-state index < -0.39 is 5.91 Å². The summed E-state index contributed by atoms with van der Waals surface area (Å²) in [5.41, 5.74) is 1.21. The van der Waals surface area contributed by atoms with Crippen LogP contribution < -0.4 is 16.0 Å². The molecule has 2 unspecified atom stereocenters. The molecule has 4 fully saturated rings. The molecule has 158 valence electrons. The van der Waals surface area contributed by atoms with Crippen molar-refractivity contribution in [2.24, 2.45) is 22.9 Å². The SMILES string of the molecule is [B]C(C(=O)NCC(=O)NCC1=CCN(C)N=C1)=C(C=N)NC12CC3CC(CC1C3)C2. The molecule has 5 rings (SSSR count). The molecule has 0 aromatic heterocycles. The van der Waals surface area contributed by atoms with Crippen molar-refractivity contribution in [3.05, 3.63) is 22.8 Å². The fourth-order valence-corrected chi connectivity index (χ4v) is 5.73. The molecule has 5 aliphatic rings. The predicted molar refractivity (Wildman–Crippen MR) is 116 cm³/mol. The van der Waals surface area contributed by atoms with Crippen molar-refractivity contribution in [3.63, 3.8) is 0 Å². The van der Waals surface area contributed by atoms with Crippen molar-refractivity contribution in [1.29, 1.82) is 5.41 Å². The summed E-state index contributed by atoms with van der Waals surface area (Å²) in [7, 11) is 7.93. The van der Waals surface area contributed by atoms with Gasteiger partial charge in [0.25, 0.3) is 0 Å². The Bertz CT molecular complexity index is 821. The molecule has 1 heterocycles. The van der Waals surface area contributed by atoms with Crippen LogP contribution in [0.25, 0.3) is 0 Å². The second-order valence-corrected chi connectivity index (χ2v) is 9.12. The van der Waals surface area contributed by atoms with Crippen LogP contribution in [-0.2, 0) is 9.59 Å². The number of hydrogen-bond acceptors (Lipinski definition) is 6. The van der Waals surface area contributed by atoms with Gasteiger partial charge in [-0.2, -0.15) is 5.10 Å². The van der Waals surface area contributed by atoms with Crippen LogP contribution in [0.4, 0.5) is 0 Å². The van der Waals surface area contributed by atoms with Gasteiger partial charge in [0, 0.05) is 25.3 Å². The largest absolute Gasteiger partial charge is 0.378 e. The van der Waals surface area contributed by atoms with Crippen molar-refractivity contribution < 1.29 is 9.59 Å². The summed E-state index contributed by atoms with van der Waals surface area (Å²) in [4.78, 5) is 24.5. The van der Waals surface area contributed by atoms with Crippen molar-refractivity contribution in [3.8, 4) is 0 Å². The summed E-state index contributed by atoms with van der Waals surface area (Å²) in [6, 6.07) is 0. The fourth-order valence-electron chi connectivity index (χ4n) is 5.73. The Morgan fingerprint density at radius 1 is 1.30 bits per heavy atom. The Hall–Kier alpha value is -2.58. The first-order chi connectivity index (χ1) is 14.4. The Labute approximate surface area is 178 Å². The second-order valence-electron chi connectivity index (χ2n) is 9.12. The molecule has 0 saturated heterocycles. The number of allylic oxidation sites excluding steroid dienone is 1. The molecular weight excluding hydrogens is 379 g/mol. The molecule has 2 amide bonds. The number of rotatable bonds is 8. The highest BCUT2D eigenvalue weighted by Crippen LogP contribution is 2.60. The van der Waals surface area contributed by atoms with Crippen molar-refractivity contribution in [2.45, 2.75) is 37.6 Å². The Balaban J connectivity index is 1.29. The van der Waals surface area contributed by atoms with Crippen molar-refractivity contribution in [2.75, 3.05) is 26.7 Å². The maximum atomic E-state index is 12.5. The number of nitrogens with one attached hydrogen (secondary N) is 4. The molecule has 4 saturated carbocycles. The number of carbonyl (C=O) groups excluding carboxylic acids is 2. The molecule has 2 atom stereocenters. The monoisotopic (exact) mass is 408 g/mol. The number of amides is 2. The van der Waals surface area contributed by atoms with E-state index in [9.17, 15) is 9.59 Å². The van der Waals surface area contributed by atoms with Crippen LogP contribution >= 0.6 is 0 Å². The van der Waals surface area contributed by atoms with E-state index in [1.165, 1.54) is 19.3 Å². The Kier molecular flexibility index (Phi) is 5.71. The minimum Gasteiger partial charge on any atom is -0.378 e. The van der Waals surface area contributed by atoms with E-state index in [0.717, 1.165) is 36.5 Å². The van der Waals surface area contributed by atoms with Crippen LogP contribution in [0.2, 0.25) is 0 Å². The van der Waals surface area contributed by atoms with Gasteiger partial charge in [0.1, 0.15) is 7.85 Å². The topological polar surface area (TPSA) is 110 Å². The van der Waals surface area contributed by atoms with E-state index in [0.29, 0.717) is 24.7 Å². The summed E-state index contributed by atoms with van der Waals surface area (Å²) in [6.45, 7) is 0.882. The highest BCUT2D eigenvalue weighted by atomic mass is 16.2. The van der Waals surface area contributed by atoms with Gasteiger partial charge in [-0.3, -0.25) is 14.6 Å². The predicted octanol–water partition coefficient (Wildman–Crippen LogP) is 0.274. The number of hydrogen-bond donors (Lipinski definition) is 4. The van der Waals surface area contributed by atoms with Gasteiger partial charge in [0.2, 0.25) is 11.8 Å². The number of likely N-dealkylation sites (N-methyl/N-ethyl adjacent to an activating group) is 1. The molecule has 0 aromatic rings. The van der Waals surface area contributed by atoms with E-state index >= 15 is 0 Å². The van der Waals surface area contributed by atoms with Gasteiger partial charge in [0.05, 0.1) is 25.0 Å². The van der Waals surface area contributed by atoms with Gasteiger partial charge in [-0.05, 0) is 60.9 Å². The zero-order chi connectivity index (χ0) is 21.3. The Morgan fingerprint density at radius 2 is 2.03 bits per heavy atom. The van der Waals surface area contributed by atoms with Gasteiger partial charge in [-0.1, -0.05) is 6.08 Å². The van der Waals surface area contributed by atoms with Gasteiger partial charge >= 0.3 is 0 Å². The molecule has 4 aliphatic carbocycles. The summed E-state index contributed by atoms with van der Waals surface area (Å²) in [5, 5.41) is 22.5. The lowest BCUT2D eigenvalue weighted by molar-refractivity contribution is -0.124. The summed E-state index contributed by atoms with van der Waals surface area (Å²) >= 11 is 0. The van der Waals surface area contributed by atoms with Crippen LogP contribution in [0.5, 0.6) is 0 Å². The second kappa shape index (κ2) is 8.28. The van der Waals surface area contributed by atoms with Crippen LogP contribution in [0, 0.1) is 23.2 Å². The Morgan fingerprint density at radius 3 is 2.67 bits per heavy atom. The van der Waals surface area contributed by atoms with Crippen molar-refractivity contribution in [1.82, 2.24) is 21.0 Å². The summed E-state index contributed by atoms with van der Waals surface area (Å²) in [5.74, 6) is 1.27. The highest BCUT2D eigenvalue weighted by molar-refractivity contribution is 6.38. The quantitative estimate of drug-likeness (QED) is 0.263. The molecule has 8 nitrogen and oxygen atoms in total. The molecule has 0 spiro atoms.